The minimum absolute atomic E-state index is 0.0670. The van der Waals surface area contributed by atoms with Crippen molar-refractivity contribution in [3.05, 3.63) is 34.7 Å². The zero-order valence-corrected chi connectivity index (χ0v) is 14.3. The van der Waals surface area contributed by atoms with E-state index in [4.69, 9.17) is 4.74 Å². The van der Waals surface area contributed by atoms with Crippen molar-refractivity contribution in [2.45, 2.75) is 52.9 Å². The highest BCUT2D eigenvalue weighted by Gasteiger charge is 2.42. The van der Waals surface area contributed by atoms with Crippen LogP contribution in [-0.4, -0.2) is 23.3 Å². The summed E-state index contributed by atoms with van der Waals surface area (Å²) in [5, 5.41) is 0. The minimum atomic E-state index is -0.370. The highest BCUT2D eigenvalue weighted by Crippen LogP contribution is 2.50. The molecule has 0 spiro atoms. The van der Waals surface area contributed by atoms with Crippen LogP contribution in [0.3, 0.4) is 0 Å². The van der Waals surface area contributed by atoms with Gasteiger partial charge in [0.2, 0.25) is 0 Å². The van der Waals surface area contributed by atoms with Gasteiger partial charge in [0.25, 0.3) is 0 Å². The van der Waals surface area contributed by atoms with Crippen LogP contribution in [0.4, 0.5) is 0 Å². The molecule has 0 N–H and O–H groups in total. The first kappa shape index (κ1) is 15.9. The van der Waals surface area contributed by atoms with E-state index in [9.17, 15) is 9.59 Å². The number of ether oxygens (including phenoxy) is 1. The molecule has 1 aromatic heterocycles. The zero-order valence-electron chi connectivity index (χ0n) is 14.3. The maximum absolute atomic E-state index is 12.8. The lowest BCUT2D eigenvalue weighted by atomic mass is 9.70. The van der Waals surface area contributed by atoms with E-state index in [2.05, 4.69) is 11.6 Å². The number of Topliss-reactive ketones (excluding diaryl/α,β-unsaturated/α-hetero) is 1. The van der Waals surface area contributed by atoms with Crippen LogP contribution in [0.2, 0.25) is 0 Å². The van der Waals surface area contributed by atoms with Crippen LogP contribution < -0.4 is 0 Å². The van der Waals surface area contributed by atoms with Crippen LogP contribution in [0.5, 0.6) is 0 Å². The van der Waals surface area contributed by atoms with E-state index in [-0.39, 0.29) is 23.1 Å². The summed E-state index contributed by atoms with van der Waals surface area (Å²) < 4.78 is 5.21. The van der Waals surface area contributed by atoms with E-state index in [0.717, 1.165) is 24.0 Å². The highest BCUT2D eigenvalue weighted by molar-refractivity contribution is 6.08. The zero-order chi connectivity index (χ0) is 16.9. The van der Waals surface area contributed by atoms with Gasteiger partial charge in [-0.25, -0.2) is 4.79 Å². The van der Waals surface area contributed by atoms with Gasteiger partial charge in [0.1, 0.15) is 0 Å². The summed E-state index contributed by atoms with van der Waals surface area (Å²) in [6.07, 6.45) is 2.42. The van der Waals surface area contributed by atoms with Crippen molar-refractivity contribution in [1.82, 2.24) is 4.98 Å². The predicted octanol–water partition coefficient (Wildman–Crippen LogP) is 4.07. The Morgan fingerprint density at radius 2 is 2.04 bits per heavy atom. The molecule has 4 heteroatoms. The summed E-state index contributed by atoms with van der Waals surface area (Å²) >= 11 is 0. The Balaban J connectivity index is 2.28. The Morgan fingerprint density at radius 3 is 2.61 bits per heavy atom. The van der Waals surface area contributed by atoms with E-state index in [1.807, 2.05) is 20.8 Å². The van der Waals surface area contributed by atoms with Gasteiger partial charge < -0.3 is 4.74 Å². The number of carbonyl (C=O) groups is 2. The smallest absolute Gasteiger partial charge is 0.340 e. The fourth-order valence-electron chi connectivity index (χ4n) is 3.39. The first-order valence-corrected chi connectivity index (χ1v) is 8.22. The van der Waals surface area contributed by atoms with E-state index < -0.39 is 0 Å². The van der Waals surface area contributed by atoms with E-state index >= 15 is 0 Å². The van der Waals surface area contributed by atoms with Crippen molar-refractivity contribution in [3.8, 4) is 0 Å². The quantitative estimate of drug-likeness (QED) is 0.789. The van der Waals surface area contributed by atoms with Crippen molar-refractivity contribution < 1.29 is 14.3 Å². The molecular formula is C19H23NO3. The third-order valence-corrected chi connectivity index (χ3v) is 4.87. The SMILES string of the molecule is C=C1c2nc(C)c(C(=O)OCC)c(C3CC3)c2C(=O)CC1(C)C. The molecular weight excluding hydrogens is 290 g/mol. The fraction of sp³-hybridized carbons (Fsp3) is 0.526. The molecule has 0 aliphatic heterocycles. The molecule has 23 heavy (non-hydrogen) atoms. The van der Waals surface area contributed by atoms with Crippen LogP contribution in [0, 0.1) is 12.3 Å². The summed E-state index contributed by atoms with van der Waals surface area (Å²) in [7, 11) is 0. The summed E-state index contributed by atoms with van der Waals surface area (Å²) in [6.45, 7) is 12.1. The molecule has 2 aliphatic rings. The lowest BCUT2D eigenvalue weighted by molar-refractivity contribution is 0.0523. The van der Waals surface area contributed by atoms with Gasteiger partial charge in [-0.3, -0.25) is 9.78 Å². The minimum Gasteiger partial charge on any atom is -0.462 e. The Morgan fingerprint density at radius 1 is 1.39 bits per heavy atom. The summed E-state index contributed by atoms with van der Waals surface area (Å²) in [5.41, 5.74) is 3.87. The molecule has 1 saturated carbocycles. The standard InChI is InChI=1S/C19H23NO3/c1-6-23-18(22)14-11(3)20-17-10(2)19(4,5)9-13(21)16(17)15(14)12-7-8-12/h12H,2,6-9H2,1,3-5H3. The van der Waals surface area contributed by atoms with E-state index in [1.54, 1.807) is 6.92 Å². The molecule has 0 amide bonds. The van der Waals surface area contributed by atoms with Gasteiger partial charge in [-0.2, -0.15) is 0 Å². The van der Waals surface area contributed by atoms with E-state index in [0.29, 0.717) is 35.5 Å². The van der Waals surface area contributed by atoms with Gasteiger partial charge >= 0.3 is 5.97 Å². The average molecular weight is 313 g/mol. The number of ketones is 1. The lowest BCUT2D eigenvalue weighted by Crippen LogP contribution is -2.29. The molecule has 3 rings (SSSR count). The molecule has 0 unspecified atom stereocenters. The van der Waals surface area contributed by atoms with Gasteiger partial charge in [-0.1, -0.05) is 20.4 Å². The first-order chi connectivity index (χ1) is 10.8. The molecule has 122 valence electrons. The number of pyridine rings is 1. The van der Waals surface area contributed by atoms with Gasteiger partial charge in [-0.05, 0) is 49.2 Å². The normalized spacial score (nSPS) is 19.5. The van der Waals surface area contributed by atoms with Gasteiger partial charge in [-0.15, -0.1) is 0 Å². The maximum atomic E-state index is 12.8. The van der Waals surface area contributed by atoms with Gasteiger partial charge in [0, 0.05) is 12.0 Å². The maximum Gasteiger partial charge on any atom is 0.340 e. The Kier molecular flexibility index (Phi) is 3.66. The van der Waals surface area contributed by atoms with Crippen LogP contribution in [0.1, 0.15) is 83.6 Å². The number of carbonyl (C=O) groups excluding carboxylic acids is 2. The molecule has 0 atom stereocenters. The second-order valence-electron chi connectivity index (χ2n) is 7.17. The number of hydrogen-bond donors (Lipinski definition) is 0. The molecule has 1 fully saturated rings. The van der Waals surface area contributed by atoms with Crippen LogP contribution >= 0.6 is 0 Å². The van der Waals surface area contributed by atoms with Crippen LogP contribution in [0.25, 0.3) is 5.57 Å². The molecule has 0 saturated heterocycles. The number of nitrogens with zero attached hydrogens (tertiary/aromatic N) is 1. The topological polar surface area (TPSA) is 56.3 Å². The van der Waals surface area contributed by atoms with E-state index in [1.165, 1.54) is 0 Å². The summed E-state index contributed by atoms with van der Waals surface area (Å²) in [6, 6.07) is 0. The third-order valence-electron chi connectivity index (χ3n) is 4.87. The number of aromatic nitrogens is 1. The molecule has 4 nitrogen and oxygen atoms in total. The third kappa shape index (κ3) is 2.50. The van der Waals surface area contributed by atoms with Crippen LogP contribution in [0.15, 0.2) is 6.58 Å². The van der Waals surface area contributed by atoms with Crippen molar-refractivity contribution >= 4 is 17.3 Å². The van der Waals surface area contributed by atoms with Crippen molar-refractivity contribution in [2.24, 2.45) is 5.41 Å². The summed E-state index contributed by atoms with van der Waals surface area (Å²) in [5.74, 6) is -0.0365. The first-order valence-electron chi connectivity index (χ1n) is 8.22. The number of rotatable bonds is 3. The number of hydrogen-bond acceptors (Lipinski definition) is 4. The average Bonchev–Trinajstić information content (AvgIpc) is 3.27. The molecule has 0 radical (unpaired) electrons. The highest BCUT2D eigenvalue weighted by atomic mass is 16.5. The van der Waals surface area contributed by atoms with Gasteiger partial charge in [0.05, 0.1) is 23.6 Å². The predicted molar refractivity (Wildman–Crippen MR) is 88.7 cm³/mol. The second-order valence-corrected chi connectivity index (χ2v) is 7.17. The van der Waals surface area contributed by atoms with Crippen LogP contribution in [-0.2, 0) is 4.74 Å². The number of fused-ring (bicyclic) bond motifs is 1. The Labute approximate surface area is 136 Å². The monoisotopic (exact) mass is 313 g/mol. The van der Waals surface area contributed by atoms with Crippen molar-refractivity contribution in [1.29, 1.82) is 0 Å². The molecule has 2 aliphatic carbocycles. The molecule has 1 heterocycles. The molecule has 0 bridgehead atoms. The largest absolute Gasteiger partial charge is 0.462 e. The number of aryl methyl sites for hydroxylation is 1. The fourth-order valence-corrected chi connectivity index (χ4v) is 3.39. The summed E-state index contributed by atoms with van der Waals surface area (Å²) in [4.78, 5) is 29.8. The number of esters is 1. The Bertz CT molecular complexity index is 727. The molecule has 0 aromatic carbocycles. The Hall–Kier alpha value is -1.97. The van der Waals surface area contributed by atoms with Gasteiger partial charge in [0.15, 0.2) is 5.78 Å². The number of allylic oxidation sites excluding steroid dienone is 1. The molecule has 1 aromatic rings. The van der Waals surface area contributed by atoms with Crippen molar-refractivity contribution in [3.63, 3.8) is 0 Å². The second kappa shape index (κ2) is 5.29. The van der Waals surface area contributed by atoms with Crippen molar-refractivity contribution in [2.75, 3.05) is 6.61 Å². The lowest BCUT2D eigenvalue weighted by Gasteiger charge is -2.34.